The third-order valence-electron chi connectivity index (χ3n) is 4.58. The van der Waals surface area contributed by atoms with Crippen molar-refractivity contribution in [3.05, 3.63) is 59.7 Å². The number of guanidine groups is 1. The molecule has 1 amide bonds. The fraction of sp³-hybridized carbons (Fsp3) is 0.364. The third-order valence-corrected chi connectivity index (χ3v) is 4.58. The minimum absolute atomic E-state index is 0.0441. The largest absolute Gasteiger partial charge is 0.488 e. The molecule has 6 nitrogen and oxygen atoms in total. The highest BCUT2D eigenvalue weighted by molar-refractivity contribution is 5.90. The number of nitrogens with one attached hydrogen (secondary N) is 3. The van der Waals surface area contributed by atoms with Crippen molar-refractivity contribution in [2.75, 3.05) is 18.9 Å². The molecule has 2 aromatic carbocycles. The molecule has 148 valence electrons. The maximum Gasteiger partial charge on any atom is 0.224 e. The van der Waals surface area contributed by atoms with Crippen molar-refractivity contribution < 1.29 is 9.53 Å². The fourth-order valence-corrected chi connectivity index (χ4v) is 3.19. The van der Waals surface area contributed by atoms with Crippen LogP contribution >= 0.6 is 0 Å². The summed E-state index contributed by atoms with van der Waals surface area (Å²) in [6, 6.07) is 16.0. The summed E-state index contributed by atoms with van der Waals surface area (Å²) in [5.74, 6) is 1.74. The number of aliphatic imine (C=N–C) groups is 1. The Morgan fingerprint density at radius 2 is 2.04 bits per heavy atom. The molecule has 1 unspecified atom stereocenters. The van der Waals surface area contributed by atoms with E-state index in [1.165, 1.54) is 5.56 Å². The number of para-hydroxylation sites is 1. The molecule has 6 heteroatoms. The molecule has 0 radical (unpaired) electrons. The van der Waals surface area contributed by atoms with Crippen LogP contribution in [-0.4, -0.2) is 31.6 Å². The van der Waals surface area contributed by atoms with Crippen molar-refractivity contribution in [2.24, 2.45) is 4.99 Å². The van der Waals surface area contributed by atoms with Gasteiger partial charge in [-0.1, -0.05) is 37.3 Å². The number of benzene rings is 2. The zero-order valence-corrected chi connectivity index (χ0v) is 16.5. The van der Waals surface area contributed by atoms with Gasteiger partial charge >= 0.3 is 0 Å². The number of nitrogens with zero attached hydrogens (tertiary/aromatic N) is 1. The van der Waals surface area contributed by atoms with Gasteiger partial charge in [0.05, 0.1) is 6.54 Å². The van der Waals surface area contributed by atoms with Crippen LogP contribution in [0.15, 0.2) is 53.5 Å². The molecule has 2 aromatic rings. The van der Waals surface area contributed by atoms with E-state index in [0.29, 0.717) is 19.5 Å². The SMILES string of the molecule is CCCC(=O)Nc1cccc(CNC(=NC)NCC2Cc3ccccc3O2)c1. The molecule has 0 aliphatic carbocycles. The van der Waals surface area contributed by atoms with Crippen LogP contribution in [0.1, 0.15) is 30.9 Å². The highest BCUT2D eigenvalue weighted by Crippen LogP contribution is 2.27. The molecule has 0 aromatic heterocycles. The van der Waals surface area contributed by atoms with Crippen LogP contribution in [0.5, 0.6) is 5.75 Å². The van der Waals surface area contributed by atoms with E-state index in [2.05, 4.69) is 27.0 Å². The predicted octanol–water partition coefficient (Wildman–Crippen LogP) is 3.09. The fourth-order valence-electron chi connectivity index (χ4n) is 3.19. The lowest BCUT2D eigenvalue weighted by Crippen LogP contribution is -2.41. The van der Waals surface area contributed by atoms with Crippen LogP contribution in [0.3, 0.4) is 0 Å². The molecule has 1 aliphatic heterocycles. The van der Waals surface area contributed by atoms with Gasteiger partial charge in [0.25, 0.3) is 0 Å². The van der Waals surface area contributed by atoms with Gasteiger partial charge in [-0.3, -0.25) is 9.79 Å². The molecule has 0 fully saturated rings. The van der Waals surface area contributed by atoms with E-state index in [-0.39, 0.29) is 12.0 Å². The second-order valence-corrected chi connectivity index (χ2v) is 6.86. The Bertz CT molecular complexity index is 810. The summed E-state index contributed by atoms with van der Waals surface area (Å²) in [5, 5.41) is 9.56. The maximum atomic E-state index is 11.8. The number of carbonyl (C=O) groups excluding carboxylic acids is 1. The smallest absolute Gasteiger partial charge is 0.224 e. The molecule has 1 atom stereocenters. The first-order valence-electron chi connectivity index (χ1n) is 9.75. The van der Waals surface area contributed by atoms with Gasteiger partial charge in [0.1, 0.15) is 11.9 Å². The summed E-state index contributed by atoms with van der Waals surface area (Å²) in [7, 11) is 1.75. The van der Waals surface area contributed by atoms with Crippen LogP contribution in [-0.2, 0) is 17.8 Å². The summed E-state index contributed by atoms with van der Waals surface area (Å²) in [6.45, 7) is 3.29. The van der Waals surface area contributed by atoms with Crippen molar-refractivity contribution in [1.29, 1.82) is 0 Å². The summed E-state index contributed by atoms with van der Waals surface area (Å²) in [4.78, 5) is 16.0. The van der Waals surface area contributed by atoms with E-state index < -0.39 is 0 Å². The number of anilines is 1. The standard InChI is InChI=1S/C22H28N4O2/c1-3-7-21(27)26-18-10-6-8-16(12-18)14-24-22(23-2)25-15-19-13-17-9-4-5-11-20(17)28-19/h4-6,8-12,19H,3,7,13-15H2,1-2H3,(H,26,27)(H2,23,24,25). The van der Waals surface area contributed by atoms with Crippen LogP contribution in [0.25, 0.3) is 0 Å². The highest BCUT2D eigenvalue weighted by Gasteiger charge is 2.22. The third kappa shape index (κ3) is 5.49. The van der Waals surface area contributed by atoms with Gasteiger partial charge in [-0.05, 0) is 35.7 Å². The normalized spacial score (nSPS) is 15.5. The van der Waals surface area contributed by atoms with Crippen LogP contribution in [0.4, 0.5) is 5.69 Å². The first kappa shape index (κ1) is 19.7. The van der Waals surface area contributed by atoms with Crippen molar-refractivity contribution in [3.63, 3.8) is 0 Å². The lowest BCUT2D eigenvalue weighted by Gasteiger charge is -2.16. The predicted molar refractivity (Wildman–Crippen MR) is 113 cm³/mol. The van der Waals surface area contributed by atoms with Gasteiger partial charge in [0, 0.05) is 32.1 Å². The molecule has 0 spiro atoms. The second-order valence-electron chi connectivity index (χ2n) is 6.86. The Balaban J connectivity index is 1.46. The summed E-state index contributed by atoms with van der Waals surface area (Å²) < 4.78 is 5.95. The van der Waals surface area contributed by atoms with Crippen LogP contribution in [0, 0.1) is 0 Å². The minimum Gasteiger partial charge on any atom is -0.488 e. The van der Waals surface area contributed by atoms with Gasteiger partial charge in [-0.2, -0.15) is 0 Å². The molecule has 28 heavy (non-hydrogen) atoms. The number of amides is 1. The molecule has 3 rings (SSSR count). The summed E-state index contributed by atoms with van der Waals surface area (Å²) in [6.07, 6.45) is 2.38. The molecular formula is C22H28N4O2. The number of hydrogen-bond donors (Lipinski definition) is 3. The van der Waals surface area contributed by atoms with Crippen molar-refractivity contribution in [2.45, 2.75) is 38.8 Å². The first-order valence-corrected chi connectivity index (χ1v) is 9.75. The monoisotopic (exact) mass is 380 g/mol. The van der Waals surface area contributed by atoms with Gasteiger partial charge in [-0.25, -0.2) is 0 Å². The first-order chi connectivity index (χ1) is 13.7. The number of hydrogen-bond acceptors (Lipinski definition) is 3. The van der Waals surface area contributed by atoms with E-state index >= 15 is 0 Å². The van der Waals surface area contributed by atoms with Crippen molar-refractivity contribution >= 4 is 17.6 Å². The van der Waals surface area contributed by atoms with Crippen molar-refractivity contribution in [1.82, 2.24) is 10.6 Å². The van der Waals surface area contributed by atoms with E-state index in [1.54, 1.807) is 7.05 Å². The van der Waals surface area contributed by atoms with Gasteiger partial charge in [0.15, 0.2) is 5.96 Å². The lowest BCUT2D eigenvalue weighted by molar-refractivity contribution is -0.116. The quantitative estimate of drug-likeness (QED) is 0.510. The topological polar surface area (TPSA) is 74.8 Å². The zero-order valence-electron chi connectivity index (χ0n) is 16.5. The summed E-state index contributed by atoms with van der Waals surface area (Å²) in [5.41, 5.74) is 3.14. The van der Waals surface area contributed by atoms with Crippen LogP contribution in [0.2, 0.25) is 0 Å². The molecule has 0 saturated heterocycles. The van der Waals surface area contributed by atoms with E-state index in [0.717, 1.165) is 35.8 Å². The average molecular weight is 380 g/mol. The Kier molecular flexibility index (Phi) is 6.89. The average Bonchev–Trinajstić information content (AvgIpc) is 3.11. The second kappa shape index (κ2) is 9.78. The maximum absolute atomic E-state index is 11.8. The number of fused-ring (bicyclic) bond motifs is 1. The van der Waals surface area contributed by atoms with E-state index in [9.17, 15) is 4.79 Å². The Hall–Kier alpha value is -3.02. The van der Waals surface area contributed by atoms with E-state index in [4.69, 9.17) is 4.74 Å². The molecular weight excluding hydrogens is 352 g/mol. The van der Waals surface area contributed by atoms with E-state index in [1.807, 2.05) is 49.4 Å². The Labute approximate surface area is 166 Å². The summed E-state index contributed by atoms with van der Waals surface area (Å²) >= 11 is 0. The Morgan fingerprint density at radius 3 is 2.82 bits per heavy atom. The molecule has 1 heterocycles. The number of rotatable bonds is 7. The number of carbonyl (C=O) groups is 1. The molecule has 0 bridgehead atoms. The number of ether oxygens (including phenoxy) is 1. The highest BCUT2D eigenvalue weighted by atomic mass is 16.5. The zero-order chi connectivity index (χ0) is 19.8. The van der Waals surface area contributed by atoms with Gasteiger partial charge in [-0.15, -0.1) is 0 Å². The van der Waals surface area contributed by atoms with Crippen LogP contribution < -0.4 is 20.7 Å². The van der Waals surface area contributed by atoms with Gasteiger partial charge in [0.2, 0.25) is 5.91 Å². The Morgan fingerprint density at radius 1 is 1.18 bits per heavy atom. The molecule has 0 saturated carbocycles. The molecule has 1 aliphatic rings. The van der Waals surface area contributed by atoms with Gasteiger partial charge < -0.3 is 20.7 Å². The van der Waals surface area contributed by atoms with Crippen molar-refractivity contribution in [3.8, 4) is 5.75 Å². The minimum atomic E-state index is 0.0441. The lowest BCUT2D eigenvalue weighted by atomic mass is 10.1. The molecule has 3 N–H and O–H groups in total.